The molecule has 1 heterocycles. The lowest BCUT2D eigenvalue weighted by atomic mass is 10.1. The molecule has 3 N–H and O–H groups in total. The Balaban J connectivity index is 2.24. The lowest BCUT2D eigenvalue weighted by Gasteiger charge is -2.08. The summed E-state index contributed by atoms with van der Waals surface area (Å²) in [6.07, 6.45) is 0.210. The van der Waals surface area contributed by atoms with Gasteiger partial charge in [0.2, 0.25) is 17.7 Å². The zero-order chi connectivity index (χ0) is 11.3. The van der Waals surface area contributed by atoms with Crippen LogP contribution in [0.5, 0.6) is 0 Å². The van der Waals surface area contributed by atoms with E-state index in [0.29, 0.717) is 13.1 Å². The van der Waals surface area contributed by atoms with Crippen LogP contribution in [0.2, 0.25) is 0 Å². The molecule has 0 spiro atoms. The molecule has 1 saturated heterocycles. The Morgan fingerprint density at radius 3 is 2.73 bits per heavy atom. The first-order valence-corrected chi connectivity index (χ1v) is 4.94. The largest absolute Gasteiger partial charge is 0.355 e. The minimum absolute atomic E-state index is 0.0304. The van der Waals surface area contributed by atoms with E-state index in [2.05, 4.69) is 16.0 Å². The predicted octanol–water partition coefficient (Wildman–Crippen LogP) is -1.63. The van der Waals surface area contributed by atoms with Gasteiger partial charge in [0, 0.05) is 19.5 Å². The van der Waals surface area contributed by atoms with E-state index in [-0.39, 0.29) is 36.6 Å². The quantitative estimate of drug-likeness (QED) is 0.524. The van der Waals surface area contributed by atoms with Gasteiger partial charge >= 0.3 is 0 Å². The monoisotopic (exact) mass is 213 g/mol. The molecule has 0 bridgehead atoms. The van der Waals surface area contributed by atoms with Crippen molar-refractivity contribution in [2.45, 2.75) is 13.3 Å². The SMILES string of the molecule is CCNC(=O)CNC(=O)C1CNC(=O)C1. The molecule has 0 aliphatic carbocycles. The summed E-state index contributed by atoms with van der Waals surface area (Å²) >= 11 is 0. The normalized spacial score (nSPS) is 19.5. The first-order chi connectivity index (χ1) is 7.13. The summed E-state index contributed by atoms with van der Waals surface area (Å²) in [7, 11) is 0. The van der Waals surface area contributed by atoms with Crippen LogP contribution < -0.4 is 16.0 Å². The Labute approximate surface area is 87.8 Å². The molecule has 0 aromatic heterocycles. The van der Waals surface area contributed by atoms with Crippen molar-refractivity contribution in [1.82, 2.24) is 16.0 Å². The molecule has 0 saturated carbocycles. The van der Waals surface area contributed by atoms with Gasteiger partial charge in [-0.05, 0) is 6.92 Å². The molecule has 0 aromatic carbocycles. The Kier molecular flexibility index (Phi) is 4.08. The van der Waals surface area contributed by atoms with Crippen LogP contribution in [0, 0.1) is 5.92 Å². The van der Waals surface area contributed by atoms with Crippen LogP contribution in [0.4, 0.5) is 0 Å². The number of amides is 3. The fraction of sp³-hybridized carbons (Fsp3) is 0.667. The van der Waals surface area contributed by atoms with E-state index in [1.807, 2.05) is 0 Å². The first kappa shape index (κ1) is 11.5. The van der Waals surface area contributed by atoms with E-state index in [1.54, 1.807) is 6.92 Å². The number of likely N-dealkylation sites (N-methyl/N-ethyl adjacent to an activating group) is 1. The van der Waals surface area contributed by atoms with Crippen molar-refractivity contribution >= 4 is 17.7 Å². The highest BCUT2D eigenvalue weighted by molar-refractivity contribution is 5.91. The summed E-state index contributed by atoms with van der Waals surface area (Å²) in [5, 5.41) is 7.61. The third-order valence-corrected chi connectivity index (χ3v) is 2.15. The van der Waals surface area contributed by atoms with Crippen LogP contribution in [0.25, 0.3) is 0 Å². The first-order valence-electron chi connectivity index (χ1n) is 4.94. The zero-order valence-corrected chi connectivity index (χ0v) is 8.63. The fourth-order valence-electron chi connectivity index (χ4n) is 1.36. The number of rotatable bonds is 4. The number of carbonyl (C=O) groups excluding carboxylic acids is 3. The Morgan fingerprint density at radius 1 is 1.47 bits per heavy atom. The van der Waals surface area contributed by atoms with E-state index in [1.165, 1.54) is 0 Å². The molecule has 0 radical (unpaired) electrons. The topological polar surface area (TPSA) is 87.3 Å². The molecular weight excluding hydrogens is 198 g/mol. The number of nitrogens with one attached hydrogen (secondary N) is 3. The number of carbonyl (C=O) groups is 3. The maximum atomic E-state index is 11.4. The maximum Gasteiger partial charge on any atom is 0.239 e. The van der Waals surface area contributed by atoms with E-state index in [9.17, 15) is 14.4 Å². The summed E-state index contributed by atoms with van der Waals surface area (Å²) in [5.74, 6) is -0.928. The molecule has 1 aliphatic rings. The summed E-state index contributed by atoms with van der Waals surface area (Å²) in [6, 6.07) is 0. The number of hydrogen-bond donors (Lipinski definition) is 3. The van der Waals surface area contributed by atoms with E-state index >= 15 is 0 Å². The van der Waals surface area contributed by atoms with Gasteiger partial charge in [0.1, 0.15) is 0 Å². The molecule has 1 unspecified atom stereocenters. The molecule has 1 aliphatic heterocycles. The summed E-state index contributed by atoms with van der Waals surface area (Å²) in [4.78, 5) is 33.3. The van der Waals surface area contributed by atoms with Crippen molar-refractivity contribution < 1.29 is 14.4 Å². The van der Waals surface area contributed by atoms with Crippen LogP contribution in [0.15, 0.2) is 0 Å². The van der Waals surface area contributed by atoms with Crippen LogP contribution >= 0.6 is 0 Å². The molecule has 6 nitrogen and oxygen atoms in total. The molecule has 1 atom stereocenters. The molecule has 1 fully saturated rings. The Hall–Kier alpha value is -1.59. The van der Waals surface area contributed by atoms with Gasteiger partial charge in [-0.1, -0.05) is 0 Å². The van der Waals surface area contributed by atoms with Crippen molar-refractivity contribution in [3.8, 4) is 0 Å². The molecule has 6 heteroatoms. The minimum atomic E-state index is -0.341. The second-order valence-electron chi connectivity index (χ2n) is 3.38. The molecule has 3 amide bonds. The van der Waals surface area contributed by atoms with Gasteiger partial charge in [-0.2, -0.15) is 0 Å². The average molecular weight is 213 g/mol. The van der Waals surface area contributed by atoms with Crippen LogP contribution in [0.3, 0.4) is 0 Å². The van der Waals surface area contributed by atoms with E-state index < -0.39 is 0 Å². The summed E-state index contributed by atoms with van der Waals surface area (Å²) in [5.41, 5.74) is 0. The zero-order valence-electron chi connectivity index (χ0n) is 8.63. The summed E-state index contributed by atoms with van der Waals surface area (Å²) in [6.45, 7) is 2.68. The highest BCUT2D eigenvalue weighted by Gasteiger charge is 2.27. The van der Waals surface area contributed by atoms with Crippen LogP contribution in [-0.4, -0.2) is 37.4 Å². The number of hydrogen-bond acceptors (Lipinski definition) is 3. The smallest absolute Gasteiger partial charge is 0.239 e. The van der Waals surface area contributed by atoms with E-state index in [4.69, 9.17) is 0 Å². The van der Waals surface area contributed by atoms with Crippen molar-refractivity contribution in [1.29, 1.82) is 0 Å². The molecule has 0 aromatic rings. The van der Waals surface area contributed by atoms with Crippen molar-refractivity contribution in [2.75, 3.05) is 19.6 Å². The van der Waals surface area contributed by atoms with Crippen molar-refractivity contribution in [3.63, 3.8) is 0 Å². The van der Waals surface area contributed by atoms with Gasteiger partial charge in [-0.15, -0.1) is 0 Å². The molecular formula is C9H15N3O3. The highest BCUT2D eigenvalue weighted by atomic mass is 16.2. The van der Waals surface area contributed by atoms with Gasteiger partial charge in [0.25, 0.3) is 0 Å². The van der Waals surface area contributed by atoms with Gasteiger partial charge in [0.15, 0.2) is 0 Å². The Bertz CT molecular complexity index is 278. The van der Waals surface area contributed by atoms with Gasteiger partial charge in [0.05, 0.1) is 12.5 Å². The van der Waals surface area contributed by atoms with Crippen LogP contribution in [-0.2, 0) is 14.4 Å². The maximum absolute atomic E-state index is 11.4. The Morgan fingerprint density at radius 2 is 2.20 bits per heavy atom. The van der Waals surface area contributed by atoms with Gasteiger partial charge in [-0.3, -0.25) is 14.4 Å². The van der Waals surface area contributed by atoms with Crippen LogP contribution in [0.1, 0.15) is 13.3 Å². The minimum Gasteiger partial charge on any atom is -0.355 e. The molecule has 84 valence electrons. The second-order valence-corrected chi connectivity index (χ2v) is 3.38. The molecule has 1 rings (SSSR count). The van der Waals surface area contributed by atoms with Crippen molar-refractivity contribution in [2.24, 2.45) is 5.92 Å². The third-order valence-electron chi connectivity index (χ3n) is 2.15. The highest BCUT2D eigenvalue weighted by Crippen LogP contribution is 2.07. The standard InChI is InChI=1S/C9H15N3O3/c1-2-10-8(14)5-12-9(15)6-3-7(13)11-4-6/h6H,2-5H2,1H3,(H,10,14)(H,11,13)(H,12,15). The van der Waals surface area contributed by atoms with Gasteiger partial charge in [-0.25, -0.2) is 0 Å². The average Bonchev–Trinajstić information content (AvgIpc) is 2.62. The van der Waals surface area contributed by atoms with E-state index in [0.717, 1.165) is 0 Å². The second kappa shape index (κ2) is 5.33. The van der Waals surface area contributed by atoms with Gasteiger partial charge < -0.3 is 16.0 Å². The lowest BCUT2D eigenvalue weighted by Crippen LogP contribution is -2.40. The lowest BCUT2D eigenvalue weighted by molar-refractivity contribution is -0.128. The predicted molar refractivity (Wildman–Crippen MR) is 52.8 cm³/mol. The third kappa shape index (κ3) is 3.57. The summed E-state index contributed by atoms with van der Waals surface area (Å²) < 4.78 is 0. The van der Waals surface area contributed by atoms with Crippen molar-refractivity contribution in [3.05, 3.63) is 0 Å². The molecule has 15 heavy (non-hydrogen) atoms. The fourth-order valence-corrected chi connectivity index (χ4v) is 1.36.